The molecule has 6 amide bonds. The minimum absolute atomic E-state index is 0.000435. The molecule has 4 heterocycles. The Balaban J connectivity index is 0.958. The lowest BCUT2D eigenvalue weighted by atomic mass is 9.89. The average Bonchev–Trinajstić information content (AvgIpc) is 2.63. The molecule has 3 aliphatic heterocycles. The number of carbonyl (C=O) groups excluding carboxylic acids is 6. The SMILES string of the molecule is CC[C@H](C)[C@@H]([C@@H](CC(=O)N1CCC[C@H]1[C@H](OC)[C@@H](C)C(=O)N[C@@H](Cc1ccc(OC(=O)N2CCC(Cn3nnc4c3CSC3CCCCCCC(C3)SC4)CC2)cc1)C(=O)NS(=O)(=O)C1CC1)OC)N(C)C(=O)[C@@H](NC(=O)[C@H](C(C)C)N(C)C)C(C)C. The van der Waals surface area contributed by atoms with Crippen LogP contribution in [-0.2, 0) is 67.9 Å². The first-order valence-electron chi connectivity index (χ1n) is 32.1. The lowest BCUT2D eigenvalue weighted by molar-refractivity contribution is -0.148. The fraction of sp³-hybridized carbons (Fsp3) is 0.778. The van der Waals surface area contributed by atoms with Gasteiger partial charge in [-0.05, 0) is 113 Å². The molecule has 3 N–H and O–H groups in total. The molecule has 0 spiro atoms. The summed E-state index contributed by atoms with van der Waals surface area (Å²) in [7, 11) is 4.39. The molecule has 24 heteroatoms. The van der Waals surface area contributed by atoms with Gasteiger partial charge in [0.05, 0.1) is 59.3 Å². The molecule has 1 aromatic carbocycles. The Kier molecular flexibility index (Phi) is 26.1. The van der Waals surface area contributed by atoms with Crippen molar-refractivity contribution in [1.82, 2.24) is 49.9 Å². The van der Waals surface area contributed by atoms with Gasteiger partial charge in [-0.25, -0.2) is 17.9 Å². The minimum atomic E-state index is -3.99. The van der Waals surface area contributed by atoms with E-state index in [9.17, 15) is 37.2 Å². The first-order chi connectivity index (χ1) is 41.4. The van der Waals surface area contributed by atoms with E-state index in [-0.39, 0.29) is 48.3 Å². The normalized spacial score (nSPS) is 22.6. The number of nitrogens with zero attached hydrogens (tertiary/aromatic N) is 7. The summed E-state index contributed by atoms with van der Waals surface area (Å²) in [4.78, 5) is 91.5. The number of carbonyl (C=O) groups is 6. The molecule has 7 rings (SSSR count). The Hall–Kier alpha value is -4.49. The molecule has 2 saturated carbocycles. The second-order valence-electron chi connectivity index (χ2n) is 26.1. The van der Waals surface area contributed by atoms with Crippen LogP contribution in [0.25, 0.3) is 0 Å². The number of piperidine rings is 1. The number of likely N-dealkylation sites (tertiary alicyclic amines) is 2. The van der Waals surface area contributed by atoms with Crippen molar-refractivity contribution in [2.24, 2.45) is 29.6 Å². The molecule has 488 valence electrons. The molecule has 0 radical (unpaired) electrons. The Labute approximate surface area is 526 Å². The fourth-order valence-corrected chi connectivity index (χ4v) is 17.5. The Morgan fingerprint density at radius 3 is 2.00 bits per heavy atom. The average molecular weight is 1270 g/mol. The maximum Gasteiger partial charge on any atom is 0.415 e. The second-order valence-corrected chi connectivity index (χ2v) is 30.7. The van der Waals surface area contributed by atoms with Gasteiger partial charge < -0.3 is 39.5 Å². The molecular formula is C63H102N10O11S3. The first-order valence-corrected chi connectivity index (χ1v) is 35.7. The van der Waals surface area contributed by atoms with Crippen molar-refractivity contribution in [3.05, 3.63) is 41.2 Å². The molecule has 1 aromatic heterocycles. The maximum atomic E-state index is 14.6. The van der Waals surface area contributed by atoms with E-state index in [1.807, 2.05) is 60.5 Å². The maximum absolute atomic E-state index is 14.6. The third kappa shape index (κ3) is 18.8. The number of sulfonamides is 1. The minimum Gasteiger partial charge on any atom is -0.410 e. The van der Waals surface area contributed by atoms with E-state index in [1.54, 1.807) is 52.9 Å². The van der Waals surface area contributed by atoms with E-state index in [4.69, 9.17) is 14.2 Å². The van der Waals surface area contributed by atoms with Crippen LogP contribution in [0.2, 0.25) is 0 Å². The van der Waals surface area contributed by atoms with Gasteiger partial charge in [-0.15, -0.1) is 5.10 Å². The highest BCUT2D eigenvalue weighted by atomic mass is 32.2. The van der Waals surface area contributed by atoms with Crippen LogP contribution in [0, 0.1) is 29.6 Å². The lowest BCUT2D eigenvalue weighted by Gasteiger charge is -2.41. The predicted octanol–water partition coefficient (Wildman–Crippen LogP) is 7.43. The van der Waals surface area contributed by atoms with Gasteiger partial charge in [0.15, 0.2) is 0 Å². The molecule has 2 bridgehead atoms. The highest BCUT2D eigenvalue weighted by Gasteiger charge is 2.45. The molecule has 4 fully saturated rings. The van der Waals surface area contributed by atoms with Crippen molar-refractivity contribution in [1.29, 1.82) is 0 Å². The number of methoxy groups -OCH3 is 2. The number of likely N-dealkylation sites (N-methyl/N-ethyl adjacent to an activating group) is 2. The molecule has 21 nitrogen and oxygen atoms in total. The van der Waals surface area contributed by atoms with Gasteiger partial charge in [-0.3, -0.25) is 33.6 Å². The number of amides is 6. The van der Waals surface area contributed by atoms with E-state index < -0.39 is 81.5 Å². The van der Waals surface area contributed by atoms with E-state index in [2.05, 4.69) is 53.9 Å². The largest absolute Gasteiger partial charge is 0.415 e. The summed E-state index contributed by atoms with van der Waals surface area (Å²) < 4.78 is 48.6. The molecule has 11 atom stereocenters. The second kappa shape index (κ2) is 32.5. The number of rotatable bonds is 26. The summed E-state index contributed by atoms with van der Waals surface area (Å²) in [5.41, 5.74) is 2.94. The van der Waals surface area contributed by atoms with Crippen molar-refractivity contribution in [3.8, 4) is 5.75 Å². The third-order valence-electron chi connectivity index (χ3n) is 18.8. The monoisotopic (exact) mass is 1270 g/mol. The van der Waals surface area contributed by atoms with Crippen LogP contribution in [0.3, 0.4) is 0 Å². The van der Waals surface area contributed by atoms with Crippen molar-refractivity contribution >= 4 is 69.2 Å². The third-order valence-corrected chi connectivity index (χ3v) is 23.3. The van der Waals surface area contributed by atoms with Crippen LogP contribution in [0.1, 0.15) is 162 Å². The Bertz CT molecular complexity index is 2710. The van der Waals surface area contributed by atoms with E-state index >= 15 is 0 Å². The standard InChI is InChI=1S/C63H102N10O11S3/c1-13-41(6)57(70(10)62(78)55(39(2)3)65-61(77)56(40(4)5)69(8)9)53(82-11)35-54(74)72-30-18-21-51(72)58(83-12)42(7)59(75)64-49(60(76)67-87(80,81)48-26-27-48)33-43-22-24-45(25-23-43)84-63(79)71-31-28-44(29-32-71)36-73-52-38-86-47-20-17-15-14-16-19-46(34-47)85-37-50(52)66-68-73/h22-25,39-42,44,46-49,51,53,55-58H,13-21,26-38H2,1-12H3,(H,64,75)(H,65,77)(H,67,76)/t41-,42+,46?,47?,49-,51-,53+,55-,56-,57-,58+/m0/s1. The van der Waals surface area contributed by atoms with Gasteiger partial charge in [0.1, 0.15) is 17.8 Å². The highest BCUT2D eigenvalue weighted by Crippen LogP contribution is 2.38. The van der Waals surface area contributed by atoms with Gasteiger partial charge in [-0.1, -0.05) is 97.9 Å². The van der Waals surface area contributed by atoms with Gasteiger partial charge in [-0.2, -0.15) is 23.5 Å². The molecule has 2 aliphatic carbocycles. The van der Waals surface area contributed by atoms with Gasteiger partial charge >= 0.3 is 6.09 Å². The van der Waals surface area contributed by atoms with Gasteiger partial charge in [0.25, 0.3) is 5.91 Å². The van der Waals surface area contributed by atoms with Gasteiger partial charge in [0, 0.05) is 75.9 Å². The predicted molar refractivity (Wildman–Crippen MR) is 340 cm³/mol. The number of aromatic nitrogens is 3. The van der Waals surface area contributed by atoms with Crippen LogP contribution in [0.5, 0.6) is 5.75 Å². The number of ether oxygens (including phenoxy) is 3. The number of hydrogen-bond donors (Lipinski definition) is 3. The molecule has 5 aliphatic rings. The summed E-state index contributed by atoms with van der Waals surface area (Å²) >= 11 is 4.14. The van der Waals surface area contributed by atoms with Crippen molar-refractivity contribution in [2.45, 2.75) is 227 Å². The highest BCUT2D eigenvalue weighted by molar-refractivity contribution is 8.00. The Morgan fingerprint density at radius 1 is 0.759 bits per heavy atom. The number of hydrogen-bond acceptors (Lipinski definition) is 16. The van der Waals surface area contributed by atoms with E-state index in [0.29, 0.717) is 79.5 Å². The van der Waals surface area contributed by atoms with Gasteiger partial charge in [0.2, 0.25) is 33.7 Å². The smallest absolute Gasteiger partial charge is 0.410 e. The number of fused-ring (bicyclic) bond motifs is 3. The van der Waals surface area contributed by atoms with Crippen molar-refractivity contribution < 1.29 is 51.4 Å². The van der Waals surface area contributed by atoms with Crippen LogP contribution < -0.4 is 20.1 Å². The Morgan fingerprint density at radius 2 is 1.41 bits per heavy atom. The summed E-state index contributed by atoms with van der Waals surface area (Å²) in [6.45, 7) is 15.6. The van der Waals surface area contributed by atoms with Crippen LogP contribution >= 0.6 is 23.5 Å². The van der Waals surface area contributed by atoms with E-state index in [0.717, 1.165) is 36.6 Å². The number of thioether (sulfide) groups is 2. The van der Waals surface area contributed by atoms with Crippen molar-refractivity contribution in [2.75, 3.05) is 55.0 Å². The topological polar surface area (TPSA) is 244 Å². The number of nitrogens with one attached hydrogen (secondary N) is 3. The van der Waals surface area contributed by atoms with Crippen LogP contribution in [0.15, 0.2) is 24.3 Å². The summed E-state index contributed by atoms with van der Waals surface area (Å²) in [5, 5.41) is 15.9. The zero-order valence-electron chi connectivity index (χ0n) is 53.9. The molecule has 87 heavy (non-hydrogen) atoms. The fourth-order valence-electron chi connectivity index (χ4n) is 13.3. The van der Waals surface area contributed by atoms with Crippen molar-refractivity contribution in [3.63, 3.8) is 0 Å². The first kappa shape index (κ1) is 70.0. The summed E-state index contributed by atoms with van der Waals surface area (Å²) in [6.07, 6.45) is 11.3. The zero-order valence-corrected chi connectivity index (χ0v) is 56.3. The summed E-state index contributed by atoms with van der Waals surface area (Å²) in [6, 6.07) is 2.92. The van der Waals surface area contributed by atoms with Crippen LogP contribution in [0.4, 0.5) is 4.79 Å². The molecule has 2 saturated heterocycles. The summed E-state index contributed by atoms with van der Waals surface area (Å²) in [5.74, 6) is -1.01. The molecule has 2 aromatic rings. The van der Waals surface area contributed by atoms with Crippen LogP contribution in [-0.4, -0.2) is 192 Å². The quantitative estimate of drug-likeness (QED) is 0.0829. The lowest BCUT2D eigenvalue weighted by Crippen LogP contribution is -2.59. The van der Waals surface area contributed by atoms with E-state index in [1.165, 1.54) is 64.9 Å². The molecular weight excluding hydrogens is 1170 g/mol. The zero-order chi connectivity index (χ0) is 63.3. The number of benzene rings is 1. The molecule has 2 unspecified atom stereocenters.